The number of allylic oxidation sites excluding steroid dienone is 9. The maximum absolute atomic E-state index is 13.1. The number of hydrogen-bond acceptors (Lipinski definition) is 8. The number of aliphatic hydroxyl groups excluding tert-OH is 5. The van der Waals surface area contributed by atoms with Gasteiger partial charge in [0.25, 0.3) is 0 Å². The molecule has 9 nitrogen and oxygen atoms in total. The van der Waals surface area contributed by atoms with Crippen molar-refractivity contribution < 1.29 is 39.8 Å². The van der Waals surface area contributed by atoms with Crippen molar-refractivity contribution in [2.24, 2.45) is 0 Å². The van der Waals surface area contributed by atoms with E-state index < -0.39 is 49.5 Å². The van der Waals surface area contributed by atoms with Crippen molar-refractivity contribution in [2.75, 3.05) is 13.2 Å². The van der Waals surface area contributed by atoms with Crippen LogP contribution in [0.15, 0.2) is 60.8 Å². The Morgan fingerprint density at radius 2 is 0.833 bits per heavy atom. The Hall–Kier alpha value is -2.11. The zero-order chi connectivity index (χ0) is 52.2. The molecule has 0 aromatic rings. The van der Waals surface area contributed by atoms with Gasteiger partial charge in [-0.15, -0.1) is 0 Å². The first kappa shape index (κ1) is 67.9. The Morgan fingerprint density at radius 1 is 0.472 bits per heavy atom. The molecule has 0 aliphatic carbocycles. The molecule has 0 bridgehead atoms. The van der Waals surface area contributed by atoms with Gasteiger partial charge in [-0.05, 0) is 77.0 Å². The highest BCUT2D eigenvalue weighted by molar-refractivity contribution is 5.76. The van der Waals surface area contributed by atoms with Gasteiger partial charge in [0.1, 0.15) is 24.4 Å². The molecule has 7 unspecified atom stereocenters. The fourth-order valence-corrected chi connectivity index (χ4v) is 9.46. The molecule has 0 aromatic heterocycles. The van der Waals surface area contributed by atoms with E-state index in [1.165, 1.54) is 205 Å². The van der Waals surface area contributed by atoms with Crippen molar-refractivity contribution in [1.29, 1.82) is 0 Å². The number of carbonyl (C=O) groups excluding carboxylic acids is 1. The molecule has 0 saturated carbocycles. The molecule has 1 amide bonds. The summed E-state index contributed by atoms with van der Waals surface area (Å²) in [6, 6.07) is -0.830. The summed E-state index contributed by atoms with van der Waals surface area (Å²) in [6.07, 6.45) is 64.4. The molecule has 9 heteroatoms. The van der Waals surface area contributed by atoms with Gasteiger partial charge in [0, 0.05) is 6.42 Å². The van der Waals surface area contributed by atoms with Crippen LogP contribution in [0.1, 0.15) is 277 Å². The summed E-state index contributed by atoms with van der Waals surface area (Å²) in [4.78, 5) is 13.1. The van der Waals surface area contributed by atoms with Gasteiger partial charge in [-0.1, -0.05) is 254 Å². The minimum absolute atomic E-state index is 0.189. The first-order valence-electron chi connectivity index (χ1n) is 30.5. The third-order valence-electron chi connectivity index (χ3n) is 14.3. The van der Waals surface area contributed by atoms with Crippen LogP contribution in [0.4, 0.5) is 0 Å². The average molecular weight is 1010 g/mol. The quantitative estimate of drug-likeness (QED) is 0.0261. The summed E-state index contributed by atoms with van der Waals surface area (Å²) in [5, 5.41) is 54.5. The molecule has 420 valence electrons. The van der Waals surface area contributed by atoms with E-state index in [0.29, 0.717) is 6.42 Å². The SMILES string of the molecule is CCCCCCC/C=C\C/C=C\CCCCCCCCCCCCCCCCCC(=O)NC(COC1OC(CO)C(O)C(O)C1O)C(O)/C=C/CC/C=C/CC/C=C/CCCCCCCCCCCCCC. The van der Waals surface area contributed by atoms with Crippen molar-refractivity contribution in [2.45, 2.75) is 320 Å². The van der Waals surface area contributed by atoms with E-state index in [2.05, 4.69) is 67.8 Å². The molecule has 1 rings (SSSR count). The molecule has 72 heavy (non-hydrogen) atoms. The number of nitrogens with one attached hydrogen (secondary N) is 1. The Kier molecular flexibility index (Phi) is 49.4. The predicted molar refractivity (Wildman–Crippen MR) is 304 cm³/mol. The largest absolute Gasteiger partial charge is 0.394 e. The van der Waals surface area contributed by atoms with E-state index in [0.717, 1.165) is 51.4 Å². The Balaban J connectivity index is 2.23. The number of unbranched alkanes of at least 4 members (excludes halogenated alkanes) is 34. The predicted octanol–water partition coefficient (Wildman–Crippen LogP) is 15.5. The van der Waals surface area contributed by atoms with Crippen LogP contribution in [0.3, 0.4) is 0 Å². The summed E-state index contributed by atoms with van der Waals surface area (Å²) in [5.41, 5.74) is 0. The van der Waals surface area contributed by atoms with Gasteiger partial charge in [-0.2, -0.15) is 0 Å². The highest BCUT2D eigenvalue weighted by Crippen LogP contribution is 2.23. The van der Waals surface area contributed by atoms with Crippen molar-refractivity contribution in [3.63, 3.8) is 0 Å². The second-order valence-corrected chi connectivity index (χ2v) is 21.1. The number of amides is 1. The first-order valence-corrected chi connectivity index (χ1v) is 30.5. The van der Waals surface area contributed by atoms with E-state index in [1.807, 2.05) is 6.08 Å². The molecule has 1 aliphatic heterocycles. The molecule has 1 fully saturated rings. The third-order valence-corrected chi connectivity index (χ3v) is 14.3. The van der Waals surface area contributed by atoms with E-state index in [-0.39, 0.29) is 12.5 Å². The lowest BCUT2D eigenvalue weighted by Crippen LogP contribution is -2.60. The highest BCUT2D eigenvalue weighted by atomic mass is 16.7. The van der Waals surface area contributed by atoms with Gasteiger partial charge in [0.2, 0.25) is 5.91 Å². The maximum atomic E-state index is 13.1. The van der Waals surface area contributed by atoms with Crippen LogP contribution in [0, 0.1) is 0 Å². The summed E-state index contributed by atoms with van der Waals surface area (Å²) < 4.78 is 11.3. The normalized spacial score (nSPS) is 19.6. The van der Waals surface area contributed by atoms with E-state index in [4.69, 9.17) is 9.47 Å². The lowest BCUT2D eigenvalue weighted by atomic mass is 9.99. The van der Waals surface area contributed by atoms with Crippen LogP contribution >= 0.6 is 0 Å². The van der Waals surface area contributed by atoms with Crippen molar-refractivity contribution in [3.8, 4) is 0 Å². The van der Waals surface area contributed by atoms with Crippen LogP contribution in [0.5, 0.6) is 0 Å². The van der Waals surface area contributed by atoms with Crippen LogP contribution in [-0.2, 0) is 14.3 Å². The Bertz CT molecular complexity index is 1310. The number of ether oxygens (including phenoxy) is 2. The van der Waals surface area contributed by atoms with Crippen molar-refractivity contribution in [1.82, 2.24) is 5.32 Å². The van der Waals surface area contributed by atoms with Crippen molar-refractivity contribution in [3.05, 3.63) is 60.8 Å². The zero-order valence-corrected chi connectivity index (χ0v) is 46.7. The molecule has 6 N–H and O–H groups in total. The summed E-state index contributed by atoms with van der Waals surface area (Å²) in [6.45, 7) is 3.77. The van der Waals surface area contributed by atoms with Gasteiger partial charge in [0.05, 0.1) is 25.4 Å². The molecular weight excluding hydrogens is 899 g/mol. The average Bonchev–Trinajstić information content (AvgIpc) is 3.38. The minimum Gasteiger partial charge on any atom is -0.394 e. The Labute approximate surface area is 443 Å². The first-order chi connectivity index (χ1) is 35.3. The van der Waals surface area contributed by atoms with Crippen LogP contribution in [0.25, 0.3) is 0 Å². The summed E-state index contributed by atoms with van der Waals surface area (Å²) >= 11 is 0. The second-order valence-electron chi connectivity index (χ2n) is 21.1. The number of carbonyl (C=O) groups is 1. The standard InChI is InChI=1S/C63H115NO8/c1-3-5-7-9-11-13-15-17-19-21-23-25-27-28-29-30-31-33-35-37-39-41-43-45-47-49-51-53-59(67)64-56(55-71-63-62(70)61(69)60(68)58(54-65)72-63)57(66)52-50-48-46-44-42-40-38-36-34-32-26-24-22-20-18-16-14-12-10-8-6-4-2/h15,17,21,23,34,36,42,44,50,52,56-58,60-63,65-66,68-70H,3-14,16,18-20,22,24-33,35,37-41,43,45-49,51,53-55H2,1-2H3,(H,64,67)/b17-15-,23-21-,36-34+,44-42+,52-50+. The number of aliphatic hydroxyl groups is 5. The van der Waals surface area contributed by atoms with Gasteiger partial charge in [-0.3, -0.25) is 4.79 Å². The Morgan fingerprint density at radius 3 is 1.25 bits per heavy atom. The third kappa shape index (κ3) is 41.2. The number of rotatable bonds is 52. The minimum atomic E-state index is -1.58. The zero-order valence-electron chi connectivity index (χ0n) is 46.7. The molecule has 1 saturated heterocycles. The fourth-order valence-electron chi connectivity index (χ4n) is 9.46. The van der Waals surface area contributed by atoms with Gasteiger partial charge in [0.15, 0.2) is 6.29 Å². The lowest BCUT2D eigenvalue weighted by Gasteiger charge is -2.40. The smallest absolute Gasteiger partial charge is 0.220 e. The highest BCUT2D eigenvalue weighted by Gasteiger charge is 2.44. The summed E-state index contributed by atoms with van der Waals surface area (Å²) in [7, 11) is 0. The molecule has 7 atom stereocenters. The second kappa shape index (κ2) is 52.3. The lowest BCUT2D eigenvalue weighted by molar-refractivity contribution is -0.302. The number of hydrogen-bond donors (Lipinski definition) is 6. The topological polar surface area (TPSA) is 149 Å². The molecule has 0 spiro atoms. The molecule has 0 radical (unpaired) electrons. The molecule has 0 aromatic carbocycles. The summed E-state index contributed by atoms with van der Waals surface area (Å²) in [5.74, 6) is -0.189. The molecular formula is C63H115NO8. The van der Waals surface area contributed by atoms with Gasteiger partial charge in [-0.25, -0.2) is 0 Å². The van der Waals surface area contributed by atoms with E-state index in [9.17, 15) is 30.3 Å². The van der Waals surface area contributed by atoms with E-state index in [1.54, 1.807) is 6.08 Å². The fraction of sp³-hybridized carbons (Fsp3) is 0.825. The van der Waals surface area contributed by atoms with Crippen molar-refractivity contribution >= 4 is 5.91 Å². The monoisotopic (exact) mass is 1010 g/mol. The van der Waals surface area contributed by atoms with Gasteiger partial charge < -0.3 is 40.3 Å². The maximum Gasteiger partial charge on any atom is 0.220 e. The molecule has 1 aliphatic rings. The van der Waals surface area contributed by atoms with Crippen LogP contribution in [0.2, 0.25) is 0 Å². The molecule has 1 heterocycles. The van der Waals surface area contributed by atoms with Crippen LogP contribution in [-0.4, -0.2) is 87.5 Å². The van der Waals surface area contributed by atoms with Gasteiger partial charge >= 0.3 is 0 Å². The van der Waals surface area contributed by atoms with Crippen LogP contribution < -0.4 is 5.32 Å². The van der Waals surface area contributed by atoms with E-state index >= 15 is 0 Å².